The Morgan fingerprint density at radius 1 is 0.538 bits per heavy atom. The molecule has 0 saturated carbocycles. The van der Waals surface area contributed by atoms with Gasteiger partial charge in [-0.3, -0.25) is 9.59 Å². The SMILES string of the molecule is CC(C)(C)OC(=O)N1CCC(CNC(=O)C(CCCc2ccccc2)CCCc2ccccc2)CC1.O=C(NCC1CCNCC1)C(CCCc1ccccc1)CCCc1ccccc1. The standard InChI is InChI=1S/C31H44N2O3.C26H36N2O/c1-31(2,3)36-30(35)33-22-20-27(21-23-33)24-32-29(34)28(18-10-16-25-12-6-4-7-13-25)19-11-17-26-14-8-5-9-15-26;29-26(28-21-24-17-19-27-20-18-24)25(15-7-13-22-9-3-1-4-10-22)16-8-14-23-11-5-2-6-12-23/h4-9,12-15,27-28H,10-11,16-24H2,1-3H3,(H,32,34);1-6,9-12,24-25,27H,7-8,13-21H2,(H,28,29). The summed E-state index contributed by atoms with van der Waals surface area (Å²) in [5, 5.41) is 9.94. The van der Waals surface area contributed by atoms with Crippen LogP contribution in [0.4, 0.5) is 4.79 Å². The van der Waals surface area contributed by atoms with Crippen LogP contribution in [-0.2, 0) is 40.0 Å². The van der Waals surface area contributed by atoms with Gasteiger partial charge in [0.2, 0.25) is 11.8 Å². The first-order chi connectivity index (χ1) is 31.6. The molecule has 6 rings (SSSR count). The summed E-state index contributed by atoms with van der Waals surface area (Å²) in [5.74, 6) is 1.66. The second-order valence-electron chi connectivity index (χ2n) is 19.5. The lowest BCUT2D eigenvalue weighted by molar-refractivity contribution is -0.126. The third-order valence-electron chi connectivity index (χ3n) is 13.0. The highest BCUT2D eigenvalue weighted by atomic mass is 16.6. The minimum Gasteiger partial charge on any atom is -0.444 e. The van der Waals surface area contributed by atoms with Crippen LogP contribution in [0.5, 0.6) is 0 Å². The Balaban J connectivity index is 0.000000250. The maximum Gasteiger partial charge on any atom is 0.410 e. The minimum absolute atomic E-state index is 0.0410. The zero-order valence-electron chi connectivity index (χ0n) is 40.0. The number of amides is 3. The number of hydrogen-bond acceptors (Lipinski definition) is 5. The predicted molar refractivity (Wildman–Crippen MR) is 267 cm³/mol. The molecule has 0 bridgehead atoms. The van der Waals surface area contributed by atoms with Gasteiger partial charge in [-0.2, -0.15) is 0 Å². The summed E-state index contributed by atoms with van der Waals surface area (Å²) in [4.78, 5) is 40.3. The first kappa shape index (κ1) is 51.0. The Morgan fingerprint density at radius 3 is 1.18 bits per heavy atom. The highest BCUT2D eigenvalue weighted by molar-refractivity contribution is 5.79. The highest BCUT2D eigenvalue weighted by Gasteiger charge is 2.28. The van der Waals surface area contributed by atoms with E-state index in [-0.39, 0.29) is 29.7 Å². The van der Waals surface area contributed by atoms with E-state index in [0.29, 0.717) is 31.5 Å². The Labute approximate surface area is 392 Å². The number of benzene rings is 4. The molecule has 2 aliphatic heterocycles. The lowest BCUT2D eigenvalue weighted by atomic mass is 9.92. The fourth-order valence-corrected chi connectivity index (χ4v) is 9.11. The van der Waals surface area contributed by atoms with Gasteiger partial charge in [-0.05, 0) is 171 Å². The molecular weight excluding hydrogens is 805 g/mol. The van der Waals surface area contributed by atoms with Crippen LogP contribution >= 0.6 is 0 Å². The molecule has 3 N–H and O–H groups in total. The molecular formula is C57H80N4O4. The van der Waals surface area contributed by atoms with Crippen LogP contribution in [0, 0.1) is 23.7 Å². The average molecular weight is 885 g/mol. The first-order valence-corrected chi connectivity index (χ1v) is 25.0. The summed E-state index contributed by atoms with van der Waals surface area (Å²) in [7, 11) is 0. The van der Waals surface area contributed by atoms with Crippen molar-refractivity contribution in [3.8, 4) is 0 Å². The number of nitrogens with one attached hydrogen (secondary N) is 3. The fraction of sp³-hybridized carbons (Fsp3) is 0.526. The molecule has 0 unspecified atom stereocenters. The van der Waals surface area contributed by atoms with Gasteiger partial charge in [0, 0.05) is 38.0 Å². The van der Waals surface area contributed by atoms with Crippen molar-refractivity contribution in [3.63, 3.8) is 0 Å². The summed E-state index contributed by atoms with van der Waals surface area (Å²) < 4.78 is 5.50. The van der Waals surface area contributed by atoms with Gasteiger partial charge in [0.25, 0.3) is 0 Å². The van der Waals surface area contributed by atoms with Crippen LogP contribution in [0.1, 0.15) is 120 Å². The van der Waals surface area contributed by atoms with Crippen LogP contribution < -0.4 is 16.0 Å². The van der Waals surface area contributed by atoms with Gasteiger partial charge in [0.05, 0.1) is 0 Å². The molecule has 352 valence electrons. The number of nitrogens with zero attached hydrogens (tertiary/aromatic N) is 1. The Hall–Kier alpha value is -4.95. The summed E-state index contributed by atoms with van der Waals surface area (Å²) in [6.45, 7) is 10.7. The molecule has 8 nitrogen and oxygen atoms in total. The van der Waals surface area contributed by atoms with Crippen LogP contribution in [0.2, 0.25) is 0 Å². The normalized spacial score (nSPS) is 14.7. The van der Waals surface area contributed by atoms with Gasteiger partial charge in [0.1, 0.15) is 5.60 Å². The van der Waals surface area contributed by atoms with Gasteiger partial charge >= 0.3 is 6.09 Å². The van der Waals surface area contributed by atoms with Crippen LogP contribution in [0.15, 0.2) is 121 Å². The monoisotopic (exact) mass is 885 g/mol. The van der Waals surface area contributed by atoms with Gasteiger partial charge in [-0.25, -0.2) is 4.79 Å². The zero-order valence-corrected chi connectivity index (χ0v) is 40.0. The average Bonchev–Trinajstić information content (AvgIpc) is 3.33. The zero-order chi connectivity index (χ0) is 46.0. The highest BCUT2D eigenvalue weighted by Crippen LogP contribution is 2.23. The quantitative estimate of drug-likeness (QED) is 0.0730. The van der Waals surface area contributed by atoms with Crippen molar-refractivity contribution in [2.75, 3.05) is 39.3 Å². The van der Waals surface area contributed by atoms with Crippen molar-refractivity contribution in [2.24, 2.45) is 23.7 Å². The maximum absolute atomic E-state index is 13.2. The molecule has 2 aliphatic rings. The molecule has 2 saturated heterocycles. The molecule has 65 heavy (non-hydrogen) atoms. The molecule has 8 heteroatoms. The number of rotatable bonds is 22. The molecule has 4 aromatic rings. The number of carbonyl (C=O) groups is 3. The number of piperidine rings is 2. The van der Waals surface area contributed by atoms with Crippen LogP contribution in [0.3, 0.4) is 0 Å². The number of ether oxygens (including phenoxy) is 1. The largest absolute Gasteiger partial charge is 0.444 e. The van der Waals surface area contributed by atoms with Crippen LogP contribution in [0.25, 0.3) is 0 Å². The van der Waals surface area contributed by atoms with E-state index >= 15 is 0 Å². The van der Waals surface area contributed by atoms with E-state index in [9.17, 15) is 14.4 Å². The van der Waals surface area contributed by atoms with Crippen LogP contribution in [-0.4, -0.2) is 67.7 Å². The summed E-state index contributed by atoms with van der Waals surface area (Å²) >= 11 is 0. The predicted octanol–water partition coefficient (Wildman–Crippen LogP) is 11.2. The Bertz CT molecular complexity index is 1800. The molecule has 3 amide bonds. The van der Waals surface area contributed by atoms with Gasteiger partial charge in [0.15, 0.2) is 0 Å². The third kappa shape index (κ3) is 20.8. The summed E-state index contributed by atoms with van der Waals surface area (Å²) in [5.41, 5.74) is 4.92. The smallest absolute Gasteiger partial charge is 0.410 e. The fourth-order valence-electron chi connectivity index (χ4n) is 9.11. The van der Waals surface area contributed by atoms with Crippen molar-refractivity contribution in [1.82, 2.24) is 20.9 Å². The van der Waals surface area contributed by atoms with Gasteiger partial charge in [-0.1, -0.05) is 121 Å². The van der Waals surface area contributed by atoms with Gasteiger partial charge in [-0.15, -0.1) is 0 Å². The summed E-state index contributed by atoms with van der Waals surface area (Å²) in [6.07, 6.45) is 16.0. The van der Waals surface area contributed by atoms with E-state index in [1.54, 1.807) is 4.90 Å². The lowest BCUT2D eigenvalue weighted by Gasteiger charge is -2.33. The Kier molecular flexibility index (Phi) is 22.7. The van der Waals surface area contributed by atoms with E-state index in [4.69, 9.17) is 4.74 Å². The Morgan fingerprint density at radius 2 is 0.862 bits per heavy atom. The maximum atomic E-state index is 13.2. The van der Waals surface area contributed by atoms with E-state index in [1.165, 1.54) is 35.1 Å². The van der Waals surface area contributed by atoms with E-state index in [0.717, 1.165) is 110 Å². The first-order valence-electron chi connectivity index (χ1n) is 25.0. The van der Waals surface area contributed by atoms with Crippen molar-refractivity contribution in [2.45, 2.75) is 129 Å². The number of hydrogen-bond donors (Lipinski definition) is 3. The van der Waals surface area contributed by atoms with E-state index in [2.05, 4.69) is 125 Å². The van der Waals surface area contributed by atoms with Crippen molar-refractivity contribution in [1.29, 1.82) is 0 Å². The van der Waals surface area contributed by atoms with E-state index < -0.39 is 5.60 Å². The van der Waals surface area contributed by atoms with E-state index in [1.807, 2.05) is 32.9 Å². The molecule has 2 heterocycles. The molecule has 4 aromatic carbocycles. The van der Waals surface area contributed by atoms with Crippen molar-refractivity contribution in [3.05, 3.63) is 144 Å². The number of aryl methyl sites for hydroxylation is 4. The topological polar surface area (TPSA) is 99.8 Å². The van der Waals surface area contributed by atoms with Gasteiger partial charge < -0.3 is 25.6 Å². The second-order valence-corrected chi connectivity index (χ2v) is 19.5. The molecule has 2 fully saturated rings. The number of carbonyl (C=O) groups excluding carboxylic acids is 3. The molecule has 0 aliphatic carbocycles. The second kappa shape index (κ2) is 28.8. The lowest BCUT2D eigenvalue weighted by Crippen LogP contribution is -2.44. The molecule has 0 spiro atoms. The van der Waals surface area contributed by atoms with Crippen molar-refractivity contribution < 1.29 is 19.1 Å². The molecule has 0 radical (unpaired) electrons. The third-order valence-corrected chi connectivity index (χ3v) is 13.0. The molecule has 0 aromatic heterocycles. The summed E-state index contributed by atoms with van der Waals surface area (Å²) in [6, 6.07) is 42.3. The van der Waals surface area contributed by atoms with Crippen molar-refractivity contribution >= 4 is 17.9 Å². The molecule has 0 atom stereocenters. The minimum atomic E-state index is -0.474. The number of likely N-dealkylation sites (tertiary alicyclic amines) is 1.